The van der Waals surface area contributed by atoms with Crippen LogP contribution >= 0.6 is 0 Å². The Morgan fingerprint density at radius 2 is 1.96 bits per heavy atom. The van der Waals surface area contributed by atoms with E-state index in [-0.39, 0.29) is 12.2 Å². The number of carbonyl (C=O) groups is 3. The van der Waals surface area contributed by atoms with Crippen molar-refractivity contribution in [1.82, 2.24) is 0 Å². The number of nitrogens with one attached hydrogen (secondary N) is 1. The first-order valence-electron chi connectivity index (χ1n) is 7.07. The van der Waals surface area contributed by atoms with Gasteiger partial charge in [0.15, 0.2) is 0 Å². The monoisotopic (exact) mass is 331 g/mol. The number of ketones is 1. The maximum absolute atomic E-state index is 12.8. The van der Waals surface area contributed by atoms with Crippen molar-refractivity contribution in [3.63, 3.8) is 0 Å². The number of carbonyl (C=O) groups excluding carboxylic acids is 3. The number of ether oxygens (including phenoxy) is 3. The fraction of sp³-hybridized carbons (Fsp3) is 0.235. The molecule has 0 aliphatic carbocycles. The molecule has 1 N–H and O–H groups in total. The lowest BCUT2D eigenvalue weighted by molar-refractivity contribution is -0.143. The second kappa shape index (κ2) is 6.99. The summed E-state index contributed by atoms with van der Waals surface area (Å²) in [6.07, 6.45) is 2.37. The van der Waals surface area contributed by atoms with Crippen molar-refractivity contribution in [2.24, 2.45) is 0 Å². The van der Waals surface area contributed by atoms with E-state index in [0.717, 1.165) is 20.3 Å². The highest BCUT2D eigenvalue weighted by Gasteiger charge is 2.48. The molecular formula is C17H17NO6. The zero-order valence-electron chi connectivity index (χ0n) is 13.3. The minimum absolute atomic E-state index is 0.0655. The van der Waals surface area contributed by atoms with Gasteiger partial charge in [-0.2, -0.15) is 0 Å². The van der Waals surface area contributed by atoms with E-state index in [4.69, 9.17) is 4.74 Å². The molecule has 0 aromatic heterocycles. The van der Waals surface area contributed by atoms with Crippen molar-refractivity contribution < 1.29 is 28.6 Å². The third kappa shape index (κ3) is 3.15. The summed E-state index contributed by atoms with van der Waals surface area (Å²) in [6.45, 7) is 3.62. The molecule has 1 aliphatic heterocycles. The molecule has 7 heteroatoms. The maximum atomic E-state index is 12.8. The van der Waals surface area contributed by atoms with Gasteiger partial charge in [0, 0.05) is 17.7 Å². The molecule has 0 amide bonds. The van der Waals surface area contributed by atoms with Crippen molar-refractivity contribution in [1.29, 1.82) is 0 Å². The van der Waals surface area contributed by atoms with Crippen LogP contribution in [0.2, 0.25) is 0 Å². The normalized spacial score (nSPS) is 19.1. The molecule has 126 valence electrons. The van der Waals surface area contributed by atoms with Crippen LogP contribution in [0.4, 0.5) is 5.69 Å². The number of rotatable bonds is 6. The Morgan fingerprint density at radius 3 is 2.54 bits per heavy atom. The van der Waals surface area contributed by atoms with Crippen LogP contribution in [0.1, 0.15) is 16.8 Å². The van der Waals surface area contributed by atoms with Gasteiger partial charge < -0.3 is 19.5 Å². The SMILES string of the molecule is C=CCC1(O/C(=C/C(=O)OC)C(=O)OC)Nc2ccccc2C1=O. The first-order chi connectivity index (χ1) is 11.5. The molecule has 0 fully saturated rings. The lowest BCUT2D eigenvalue weighted by Gasteiger charge is -2.28. The minimum Gasteiger partial charge on any atom is -0.466 e. The minimum atomic E-state index is -1.58. The number of anilines is 1. The van der Waals surface area contributed by atoms with E-state index in [9.17, 15) is 14.4 Å². The highest BCUT2D eigenvalue weighted by atomic mass is 16.6. The Hall–Kier alpha value is -3.09. The molecule has 1 aliphatic rings. The standard InChI is InChI=1S/C17H17NO6/c1-4-9-17(15(20)11-7-5-6-8-12(11)18-17)24-13(16(21)23-3)10-14(19)22-2/h4-8,10,18H,1,9H2,2-3H3/b13-10+. The molecule has 0 saturated heterocycles. The van der Waals surface area contributed by atoms with Gasteiger partial charge in [-0.15, -0.1) is 6.58 Å². The van der Waals surface area contributed by atoms with Gasteiger partial charge in [-0.25, -0.2) is 9.59 Å². The van der Waals surface area contributed by atoms with Crippen molar-refractivity contribution in [2.75, 3.05) is 19.5 Å². The van der Waals surface area contributed by atoms with Gasteiger partial charge in [-0.05, 0) is 12.1 Å². The molecule has 2 rings (SSSR count). The van der Waals surface area contributed by atoms with E-state index in [1.807, 2.05) is 0 Å². The van der Waals surface area contributed by atoms with Crippen LogP contribution in [0.25, 0.3) is 0 Å². The smallest absolute Gasteiger partial charge is 0.373 e. The molecule has 1 atom stereocenters. The summed E-state index contributed by atoms with van der Waals surface area (Å²) in [4.78, 5) is 36.1. The Kier molecular flexibility index (Phi) is 5.03. The molecule has 0 radical (unpaired) electrons. The van der Waals surface area contributed by atoms with E-state index in [1.165, 1.54) is 6.08 Å². The molecule has 1 aromatic rings. The van der Waals surface area contributed by atoms with E-state index in [0.29, 0.717) is 11.3 Å². The molecule has 7 nitrogen and oxygen atoms in total. The lowest BCUT2D eigenvalue weighted by Crippen LogP contribution is -2.45. The van der Waals surface area contributed by atoms with Crippen LogP contribution in [0.3, 0.4) is 0 Å². The first-order valence-corrected chi connectivity index (χ1v) is 7.07. The average Bonchev–Trinajstić information content (AvgIpc) is 2.86. The van der Waals surface area contributed by atoms with Crippen molar-refractivity contribution >= 4 is 23.4 Å². The van der Waals surface area contributed by atoms with Crippen LogP contribution in [-0.2, 0) is 23.8 Å². The summed E-state index contributed by atoms with van der Waals surface area (Å²) in [5, 5.41) is 2.96. The third-order valence-corrected chi connectivity index (χ3v) is 3.43. The number of methoxy groups -OCH3 is 2. The van der Waals surface area contributed by atoms with E-state index >= 15 is 0 Å². The number of para-hydroxylation sites is 1. The van der Waals surface area contributed by atoms with Gasteiger partial charge in [0.2, 0.25) is 17.3 Å². The molecule has 24 heavy (non-hydrogen) atoms. The first kappa shape index (κ1) is 17.3. The molecule has 1 aromatic carbocycles. The third-order valence-electron chi connectivity index (χ3n) is 3.43. The zero-order valence-corrected chi connectivity index (χ0v) is 13.3. The summed E-state index contributed by atoms with van der Waals surface area (Å²) in [7, 11) is 2.29. The fourth-order valence-corrected chi connectivity index (χ4v) is 2.33. The summed E-state index contributed by atoms with van der Waals surface area (Å²) in [5.41, 5.74) is -0.604. The fourth-order valence-electron chi connectivity index (χ4n) is 2.33. The quantitative estimate of drug-likeness (QED) is 0.368. The highest BCUT2D eigenvalue weighted by molar-refractivity contribution is 6.13. The van der Waals surface area contributed by atoms with Gasteiger partial charge in [0.05, 0.1) is 20.3 Å². The van der Waals surface area contributed by atoms with Crippen LogP contribution in [-0.4, -0.2) is 37.7 Å². The molecule has 0 saturated carbocycles. The van der Waals surface area contributed by atoms with Gasteiger partial charge in [-0.1, -0.05) is 18.2 Å². The molecular weight excluding hydrogens is 314 g/mol. The second-order valence-electron chi connectivity index (χ2n) is 4.94. The van der Waals surface area contributed by atoms with E-state index in [1.54, 1.807) is 24.3 Å². The summed E-state index contributed by atoms with van der Waals surface area (Å²) in [5.74, 6) is -2.54. The summed E-state index contributed by atoms with van der Waals surface area (Å²) in [6, 6.07) is 6.83. The second-order valence-corrected chi connectivity index (χ2v) is 4.94. The van der Waals surface area contributed by atoms with Crippen LogP contribution in [0, 0.1) is 0 Å². The van der Waals surface area contributed by atoms with Gasteiger partial charge in [0.1, 0.15) is 0 Å². The Bertz CT molecular complexity index is 724. The van der Waals surface area contributed by atoms with Crippen LogP contribution in [0.5, 0.6) is 0 Å². The van der Waals surface area contributed by atoms with Crippen LogP contribution < -0.4 is 5.32 Å². The number of Topliss-reactive ketones (excluding diaryl/α,β-unsaturated/α-hetero) is 1. The summed E-state index contributed by atoms with van der Waals surface area (Å²) < 4.78 is 14.7. The Balaban J connectivity index is 2.43. The van der Waals surface area contributed by atoms with Crippen LogP contribution in [0.15, 0.2) is 48.8 Å². The van der Waals surface area contributed by atoms with Crippen molar-refractivity contribution in [3.05, 3.63) is 54.3 Å². The number of hydrogen-bond donors (Lipinski definition) is 1. The Labute approximate surface area is 138 Å². The van der Waals surface area contributed by atoms with Gasteiger partial charge in [0.25, 0.3) is 0 Å². The number of esters is 2. The van der Waals surface area contributed by atoms with Crippen molar-refractivity contribution in [2.45, 2.75) is 12.1 Å². The predicted octanol–water partition coefficient (Wildman–Crippen LogP) is 1.81. The molecule has 0 spiro atoms. The van der Waals surface area contributed by atoms with Gasteiger partial charge in [-0.3, -0.25) is 4.79 Å². The van der Waals surface area contributed by atoms with E-state index < -0.39 is 23.4 Å². The number of fused-ring (bicyclic) bond motifs is 1. The lowest BCUT2D eigenvalue weighted by atomic mass is 10.0. The molecule has 1 unspecified atom stereocenters. The van der Waals surface area contributed by atoms with E-state index in [2.05, 4.69) is 21.4 Å². The molecule has 1 heterocycles. The van der Waals surface area contributed by atoms with Crippen molar-refractivity contribution in [3.8, 4) is 0 Å². The summed E-state index contributed by atoms with van der Waals surface area (Å²) >= 11 is 0. The topological polar surface area (TPSA) is 90.9 Å². The highest BCUT2D eigenvalue weighted by Crippen LogP contribution is 2.37. The largest absolute Gasteiger partial charge is 0.466 e. The predicted molar refractivity (Wildman–Crippen MR) is 85.1 cm³/mol. The Morgan fingerprint density at radius 1 is 1.25 bits per heavy atom. The van der Waals surface area contributed by atoms with Gasteiger partial charge >= 0.3 is 11.9 Å². The molecule has 0 bridgehead atoms. The maximum Gasteiger partial charge on any atom is 0.373 e. The average molecular weight is 331 g/mol. The zero-order chi connectivity index (χ0) is 17.7. The number of hydrogen-bond acceptors (Lipinski definition) is 7. The number of benzene rings is 1.